The van der Waals surface area contributed by atoms with E-state index in [1.54, 1.807) is 0 Å². The second-order valence-electron chi connectivity index (χ2n) is 11.7. The van der Waals surface area contributed by atoms with Gasteiger partial charge in [0.15, 0.2) is 27.3 Å². The number of amides is 2. The van der Waals surface area contributed by atoms with Gasteiger partial charge in [-0.3, -0.25) is 9.59 Å². The standard InChI is InChI=1S/C28H30ClF3N2O7S/c1-13-4-15-6-17(9-18(13)28(15,39)11-33-26(37)19-10-27(19,38)12-35)42(40,41)23-5-14(2-3-20(23)29)25(36)34-16-7-21(30)24(32)22(31)8-16/h2-3,5,7-8,13,15,17-19,35,38-39H,4,6,9-12H2,1H3,(H,33,37)(H,34,36)/t13-,15?,17+,18+,19?,27?,28+/m0/s1. The molecule has 0 aromatic heterocycles. The number of carbonyl (C=O) groups excluding carboxylic acids is 2. The predicted molar refractivity (Wildman–Crippen MR) is 145 cm³/mol. The van der Waals surface area contributed by atoms with Gasteiger partial charge in [-0.15, -0.1) is 0 Å². The number of aliphatic hydroxyl groups is 3. The van der Waals surface area contributed by atoms with Crippen LogP contribution >= 0.6 is 11.6 Å². The second-order valence-corrected chi connectivity index (χ2v) is 14.3. The normalized spacial score (nSPS) is 32.0. The minimum Gasteiger partial charge on any atom is -0.393 e. The third-order valence-electron chi connectivity index (χ3n) is 9.12. The number of benzene rings is 2. The first-order valence-corrected chi connectivity index (χ1v) is 15.4. The quantitative estimate of drug-likeness (QED) is 0.281. The van der Waals surface area contributed by atoms with Crippen molar-refractivity contribution in [2.24, 2.45) is 23.7 Å². The largest absolute Gasteiger partial charge is 0.393 e. The Morgan fingerprint density at radius 2 is 1.74 bits per heavy atom. The SMILES string of the molecule is C[C@H]1CC2C[C@@H](S(=O)(=O)c3cc(C(=O)Nc4cc(F)c(F)c(F)c4)ccc3Cl)C[C@H]1[C@@]2(O)CNC(=O)C1CC1(O)CO. The summed E-state index contributed by atoms with van der Waals surface area (Å²) in [5.74, 6) is -7.91. The van der Waals surface area contributed by atoms with Crippen LogP contribution in [-0.2, 0) is 14.6 Å². The Kier molecular flexibility index (Phi) is 7.89. The molecule has 7 atom stereocenters. The number of nitrogens with one attached hydrogen (secondary N) is 2. The summed E-state index contributed by atoms with van der Waals surface area (Å²) in [6.07, 6.45) is 0.776. The van der Waals surface area contributed by atoms with Crippen LogP contribution in [0.5, 0.6) is 0 Å². The molecule has 14 heteroatoms. The van der Waals surface area contributed by atoms with E-state index in [0.717, 1.165) is 6.07 Å². The number of carbonyl (C=O) groups is 2. The van der Waals surface area contributed by atoms with E-state index in [1.165, 1.54) is 12.1 Å². The molecule has 0 saturated heterocycles. The van der Waals surface area contributed by atoms with Gasteiger partial charge in [0.2, 0.25) is 5.91 Å². The van der Waals surface area contributed by atoms with Gasteiger partial charge in [0, 0.05) is 29.9 Å². The van der Waals surface area contributed by atoms with Crippen LogP contribution in [0.4, 0.5) is 18.9 Å². The van der Waals surface area contributed by atoms with Gasteiger partial charge in [0.1, 0.15) is 5.60 Å². The molecule has 0 heterocycles. The van der Waals surface area contributed by atoms with E-state index >= 15 is 0 Å². The number of halogens is 4. The Balaban J connectivity index is 1.32. The molecule has 0 radical (unpaired) electrons. The monoisotopic (exact) mass is 630 g/mol. The molecule has 2 aromatic rings. The van der Waals surface area contributed by atoms with Crippen molar-refractivity contribution in [2.75, 3.05) is 18.5 Å². The maximum absolute atomic E-state index is 13.8. The van der Waals surface area contributed by atoms with Crippen molar-refractivity contribution >= 4 is 38.9 Å². The highest BCUT2D eigenvalue weighted by atomic mass is 35.5. The molecule has 0 aliphatic heterocycles. The Bertz CT molecular complexity index is 1540. The molecule has 3 aliphatic rings. The lowest BCUT2D eigenvalue weighted by Gasteiger charge is -2.43. The number of hydrogen-bond donors (Lipinski definition) is 5. The van der Waals surface area contributed by atoms with Gasteiger partial charge in [0.05, 0.1) is 33.3 Å². The molecule has 228 valence electrons. The van der Waals surface area contributed by atoms with Crippen molar-refractivity contribution in [2.45, 2.75) is 54.0 Å². The predicted octanol–water partition coefficient (Wildman–Crippen LogP) is 2.81. The Morgan fingerprint density at radius 3 is 2.33 bits per heavy atom. The maximum Gasteiger partial charge on any atom is 0.255 e. The minimum atomic E-state index is -4.13. The first kappa shape index (κ1) is 30.7. The summed E-state index contributed by atoms with van der Waals surface area (Å²) in [4.78, 5) is 25.0. The zero-order valence-electron chi connectivity index (χ0n) is 22.4. The van der Waals surface area contributed by atoms with Crippen molar-refractivity contribution in [3.05, 3.63) is 58.4 Å². The first-order chi connectivity index (χ1) is 19.6. The number of fused-ring (bicyclic) bond motifs is 2. The zero-order valence-corrected chi connectivity index (χ0v) is 24.0. The summed E-state index contributed by atoms with van der Waals surface area (Å²) in [6, 6.07) is 4.69. The second kappa shape index (κ2) is 10.8. The molecule has 2 bridgehead atoms. The zero-order chi connectivity index (χ0) is 30.8. The van der Waals surface area contributed by atoms with Crippen LogP contribution in [0.15, 0.2) is 35.2 Å². The summed E-state index contributed by atoms with van der Waals surface area (Å²) in [7, 11) is -4.13. The molecule has 9 nitrogen and oxygen atoms in total. The van der Waals surface area contributed by atoms with E-state index in [2.05, 4.69) is 10.6 Å². The molecule has 2 amide bonds. The molecule has 3 saturated carbocycles. The number of aliphatic hydroxyl groups excluding tert-OH is 1. The molecule has 5 rings (SSSR count). The molecule has 3 aliphatic carbocycles. The van der Waals surface area contributed by atoms with Crippen LogP contribution in [0.2, 0.25) is 5.02 Å². The van der Waals surface area contributed by atoms with Crippen LogP contribution in [-0.4, -0.2) is 65.2 Å². The number of rotatable bonds is 8. The summed E-state index contributed by atoms with van der Waals surface area (Å²) >= 11 is 6.27. The number of anilines is 1. The number of sulfone groups is 1. The molecule has 3 fully saturated rings. The lowest BCUT2D eigenvalue weighted by Crippen LogP contribution is -2.55. The first-order valence-electron chi connectivity index (χ1n) is 13.4. The van der Waals surface area contributed by atoms with Gasteiger partial charge in [-0.05, 0) is 61.6 Å². The van der Waals surface area contributed by atoms with Gasteiger partial charge >= 0.3 is 0 Å². The fraction of sp³-hybridized carbons (Fsp3) is 0.500. The molecule has 3 unspecified atom stereocenters. The topological polar surface area (TPSA) is 153 Å². The van der Waals surface area contributed by atoms with E-state index in [1.807, 2.05) is 6.92 Å². The van der Waals surface area contributed by atoms with Gasteiger partial charge in [0.25, 0.3) is 5.91 Å². The Morgan fingerprint density at radius 1 is 1.07 bits per heavy atom. The van der Waals surface area contributed by atoms with Crippen molar-refractivity contribution in [3.63, 3.8) is 0 Å². The Labute approximate surface area is 245 Å². The van der Waals surface area contributed by atoms with E-state index in [4.69, 9.17) is 11.6 Å². The highest BCUT2D eigenvalue weighted by molar-refractivity contribution is 7.92. The molecule has 5 N–H and O–H groups in total. The summed E-state index contributed by atoms with van der Waals surface area (Å²) < 4.78 is 68.0. The highest BCUT2D eigenvalue weighted by Crippen LogP contribution is 2.54. The molecule has 0 spiro atoms. The van der Waals surface area contributed by atoms with Gasteiger partial charge in [-0.2, -0.15) is 0 Å². The van der Waals surface area contributed by atoms with Crippen LogP contribution in [0, 0.1) is 41.1 Å². The fourth-order valence-corrected chi connectivity index (χ4v) is 8.98. The average molecular weight is 631 g/mol. The third-order valence-corrected chi connectivity index (χ3v) is 11.8. The lowest BCUT2D eigenvalue weighted by atomic mass is 9.73. The minimum absolute atomic E-state index is 0.0588. The molecular formula is C28H30ClF3N2O7S. The smallest absolute Gasteiger partial charge is 0.255 e. The highest BCUT2D eigenvalue weighted by Gasteiger charge is 2.60. The van der Waals surface area contributed by atoms with Crippen LogP contribution in [0.1, 0.15) is 43.0 Å². The molecule has 2 aromatic carbocycles. The lowest BCUT2D eigenvalue weighted by molar-refractivity contribution is -0.127. The van der Waals surface area contributed by atoms with Crippen LogP contribution in [0.3, 0.4) is 0 Å². The van der Waals surface area contributed by atoms with Crippen LogP contribution < -0.4 is 10.6 Å². The molecular weight excluding hydrogens is 601 g/mol. The third kappa shape index (κ3) is 5.30. The van der Waals surface area contributed by atoms with E-state index in [-0.39, 0.29) is 52.9 Å². The van der Waals surface area contributed by atoms with Gasteiger partial charge < -0.3 is 26.0 Å². The summed E-state index contributed by atoms with van der Waals surface area (Å²) in [5.41, 5.74) is -3.38. The fourth-order valence-electron chi connectivity index (χ4n) is 6.61. The van der Waals surface area contributed by atoms with Crippen molar-refractivity contribution < 1.29 is 46.5 Å². The van der Waals surface area contributed by atoms with Crippen molar-refractivity contribution in [1.82, 2.24) is 5.32 Å². The van der Waals surface area contributed by atoms with Crippen molar-refractivity contribution in [3.8, 4) is 0 Å². The average Bonchev–Trinajstić information content (AvgIpc) is 3.61. The van der Waals surface area contributed by atoms with E-state index in [0.29, 0.717) is 18.6 Å². The van der Waals surface area contributed by atoms with Crippen LogP contribution in [0.25, 0.3) is 0 Å². The maximum atomic E-state index is 13.8. The Hall–Kier alpha value is -2.71. The van der Waals surface area contributed by atoms with E-state index in [9.17, 15) is 46.5 Å². The van der Waals surface area contributed by atoms with Gasteiger partial charge in [-0.25, -0.2) is 21.6 Å². The van der Waals surface area contributed by atoms with Gasteiger partial charge in [-0.1, -0.05) is 18.5 Å². The summed E-state index contributed by atoms with van der Waals surface area (Å²) in [6.45, 7) is 1.22. The summed E-state index contributed by atoms with van der Waals surface area (Å²) in [5, 5.41) is 34.7. The van der Waals surface area contributed by atoms with Crippen molar-refractivity contribution in [1.29, 1.82) is 0 Å². The van der Waals surface area contributed by atoms with E-state index < -0.39 is 79.9 Å². The molecule has 42 heavy (non-hydrogen) atoms. The number of hydrogen-bond acceptors (Lipinski definition) is 7.